The molecule has 0 aliphatic carbocycles. The molecule has 1 aliphatic heterocycles. The number of nitrogens with zero attached hydrogens (tertiary/aromatic N) is 1. The molecule has 0 spiro atoms. The molecule has 0 radical (unpaired) electrons. The fourth-order valence-electron chi connectivity index (χ4n) is 4.25. The fourth-order valence-corrected chi connectivity index (χ4v) is 4.25. The SMILES string of the molecule is COc1ccc(CCN2C(=O)C(=O)/C(=C(\O)c3ccc(C)cc3)C2c2ccc(F)cc2)cc1OC. The molecular formula is C28H26FNO5. The van der Waals surface area contributed by atoms with Gasteiger partial charge in [-0.05, 0) is 48.7 Å². The summed E-state index contributed by atoms with van der Waals surface area (Å²) in [4.78, 5) is 27.7. The molecule has 1 saturated heterocycles. The van der Waals surface area contributed by atoms with E-state index in [4.69, 9.17) is 9.47 Å². The van der Waals surface area contributed by atoms with Gasteiger partial charge in [0.1, 0.15) is 11.6 Å². The van der Waals surface area contributed by atoms with Gasteiger partial charge in [0.2, 0.25) is 0 Å². The number of benzene rings is 3. The average molecular weight is 476 g/mol. The minimum absolute atomic E-state index is 0.0160. The fraction of sp³-hybridized carbons (Fsp3) is 0.214. The number of ketones is 1. The van der Waals surface area contributed by atoms with Crippen LogP contribution in [0.5, 0.6) is 11.5 Å². The average Bonchev–Trinajstić information content (AvgIpc) is 3.12. The highest BCUT2D eigenvalue weighted by molar-refractivity contribution is 6.46. The number of aliphatic hydroxyl groups is 1. The first-order valence-electron chi connectivity index (χ1n) is 11.2. The van der Waals surface area contributed by atoms with Gasteiger partial charge in [-0.25, -0.2) is 4.39 Å². The molecule has 0 saturated carbocycles. The molecule has 1 heterocycles. The van der Waals surface area contributed by atoms with Crippen LogP contribution in [0.2, 0.25) is 0 Å². The van der Waals surface area contributed by atoms with Crippen molar-refractivity contribution < 1.29 is 28.6 Å². The molecule has 35 heavy (non-hydrogen) atoms. The summed E-state index contributed by atoms with van der Waals surface area (Å²) in [6.07, 6.45) is 0.426. The summed E-state index contributed by atoms with van der Waals surface area (Å²) in [6, 6.07) is 17.2. The molecule has 1 atom stereocenters. The number of hydrogen-bond acceptors (Lipinski definition) is 5. The molecule has 0 bridgehead atoms. The third-order valence-electron chi connectivity index (χ3n) is 6.14. The van der Waals surface area contributed by atoms with Crippen molar-refractivity contribution in [2.24, 2.45) is 0 Å². The maximum Gasteiger partial charge on any atom is 0.295 e. The van der Waals surface area contributed by atoms with Gasteiger partial charge < -0.3 is 19.5 Å². The number of ether oxygens (including phenoxy) is 2. The minimum atomic E-state index is -0.850. The Bertz CT molecular complexity index is 1280. The number of carbonyl (C=O) groups is 2. The molecule has 0 aromatic heterocycles. The maximum absolute atomic E-state index is 13.7. The van der Waals surface area contributed by atoms with E-state index in [-0.39, 0.29) is 17.9 Å². The number of methoxy groups -OCH3 is 2. The Morgan fingerprint density at radius 2 is 1.60 bits per heavy atom. The van der Waals surface area contributed by atoms with Gasteiger partial charge in [-0.1, -0.05) is 48.0 Å². The quantitative estimate of drug-likeness (QED) is 0.301. The Morgan fingerprint density at radius 3 is 2.23 bits per heavy atom. The van der Waals surface area contributed by atoms with Crippen LogP contribution >= 0.6 is 0 Å². The van der Waals surface area contributed by atoms with Crippen molar-refractivity contribution in [2.45, 2.75) is 19.4 Å². The standard InChI is InChI=1S/C28H26FNO5/c1-17-4-7-20(8-5-17)26(31)24-25(19-9-11-21(29)12-10-19)30(28(33)27(24)32)15-14-18-6-13-22(34-2)23(16-18)35-3/h4-13,16,25,31H,14-15H2,1-3H3/b26-24-. The number of hydrogen-bond donors (Lipinski definition) is 1. The molecule has 1 amide bonds. The Balaban J connectivity index is 1.73. The second-order valence-corrected chi connectivity index (χ2v) is 8.35. The number of aliphatic hydroxyl groups excluding tert-OH is 1. The molecule has 7 heteroatoms. The van der Waals surface area contributed by atoms with Gasteiger partial charge >= 0.3 is 0 Å². The summed E-state index contributed by atoms with van der Waals surface area (Å²) in [5.74, 6) is -1.04. The lowest BCUT2D eigenvalue weighted by molar-refractivity contribution is -0.139. The Labute approximate surface area is 203 Å². The Morgan fingerprint density at radius 1 is 0.943 bits per heavy atom. The molecule has 1 unspecified atom stereocenters. The van der Waals surface area contributed by atoms with E-state index in [9.17, 15) is 19.1 Å². The minimum Gasteiger partial charge on any atom is -0.507 e. The summed E-state index contributed by atoms with van der Waals surface area (Å²) in [6.45, 7) is 2.11. The third-order valence-corrected chi connectivity index (χ3v) is 6.14. The maximum atomic E-state index is 13.7. The van der Waals surface area contributed by atoms with E-state index < -0.39 is 23.5 Å². The number of amides is 1. The molecule has 1 aliphatic rings. The van der Waals surface area contributed by atoms with Crippen molar-refractivity contribution in [1.29, 1.82) is 0 Å². The smallest absolute Gasteiger partial charge is 0.295 e. The Hall–Kier alpha value is -4.13. The van der Waals surface area contributed by atoms with Crippen LogP contribution in [0.3, 0.4) is 0 Å². The van der Waals surface area contributed by atoms with Gasteiger partial charge in [-0.2, -0.15) is 0 Å². The lowest BCUT2D eigenvalue weighted by atomic mass is 9.95. The van der Waals surface area contributed by atoms with Crippen LogP contribution < -0.4 is 9.47 Å². The summed E-state index contributed by atoms with van der Waals surface area (Å²) in [7, 11) is 3.09. The highest BCUT2D eigenvalue weighted by Crippen LogP contribution is 2.39. The van der Waals surface area contributed by atoms with Gasteiger partial charge in [-0.15, -0.1) is 0 Å². The van der Waals surface area contributed by atoms with E-state index >= 15 is 0 Å². The highest BCUT2D eigenvalue weighted by Gasteiger charge is 2.45. The number of likely N-dealkylation sites (tertiary alicyclic amines) is 1. The zero-order chi connectivity index (χ0) is 25.1. The van der Waals surface area contributed by atoms with Gasteiger partial charge in [-0.3, -0.25) is 9.59 Å². The number of Topliss-reactive ketones (excluding diaryl/α,β-unsaturated/α-hetero) is 1. The van der Waals surface area contributed by atoms with E-state index in [1.807, 2.05) is 31.2 Å². The summed E-state index contributed by atoms with van der Waals surface area (Å²) < 4.78 is 24.3. The molecule has 3 aromatic rings. The number of carbonyl (C=O) groups excluding carboxylic acids is 2. The van der Waals surface area contributed by atoms with Crippen LogP contribution in [-0.2, 0) is 16.0 Å². The molecule has 3 aromatic carbocycles. The second-order valence-electron chi connectivity index (χ2n) is 8.35. The molecule has 180 valence electrons. The van der Waals surface area contributed by atoms with E-state index in [1.165, 1.54) is 29.2 Å². The van der Waals surface area contributed by atoms with Crippen molar-refractivity contribution in [1.82, 2.24) is 4.90 Å². The lowest BCUT2D eigenvalue weighted by Gasteiger charge is -2.25. The van der Waals surface area contributed by atoms with Crippen molar-refractivity contribution >= 4 is 17.4 Å². The molecule has 6 nitrogen and oxygen atoms in total. The first kappa shape index (κ1) is 24.0. The van der Waals surface area contributed by atoms with Gasteiger partial charge in [0.25, 0.3) is 11.7 Å². The zero-order valence-electron chi connectivity index (χ0n) is 19.7. The normalized spacial score (nSPS) is 17.0. The van der Waals surface area contributed by atoms with E-state index in [0.29, 0.717) is 29.0 Å². The third kappa shape index (κ3) is 4.75. The Kier molecular flexibility index (Phi) is 6.87. The highest BCUT2D eigenvalue weighted by atomic mass is 19.1. The van der Waals surface area contributed by atoms with Crippen LogP contribution in [0.15, 0.2) is 72.3 Å². The first-order valence-corrected chi connectivity index (χ1v) is 11.2. The molecular weight excluding hydrogens is 449 g/mol. The molecule has 1 fully saturated rings. The number of rotatable bonds is 7. The van der Waals surface area contributed by atoms with Crippen molar-refractivity contribution in [3.05, 3.63) is 100 Å². The number of halogens is 1. The van der Waals surface area contributed by atoms with E-state index in [2.05, 4.69) is 0 Å². The van der Waals surface area contributed by atoms with Crippen molar-refractivity contribution in [3.8, 4) is 11.5 Å². The lowest BCUT2D eigenvalue weighted by Crippen LogP contribution is -2.31. The molecule has 1 N–H and O–H groups in total. The topological polar surface area (TPSA) is 76.1 Å². The van der Waals surface area contributed by atoms with Crippen molar-refractivity contribution in [3.63, 3.8) is 0 Å². The van der Waals surface area contributed by atoms with Crippen LogP contribution in [0.25, 0.3) is 5.76 Å². The van der Waals surface area contributed by atoms with Crippen LogP contribution in [0.4, 0.5) is 4.39 Å². The number of aryl methyl sites for hydroxylation is 1. The van der Waals surface area contributed by atoms with Crippen LogP contribution in [0, 0.1) is 12.7 Å². The zero-order valence-corrected chi connectivity index (χ0v) is 19.7. The predicted molar refractivity (Wildman–Crippen MR) is 130 cm³/mol. The van der Waals surface area contributed by atoms with Crippen LogP contribution in [0.1, 0.15) is 28.3 Å². The molecule has 4 rings (SSSR count). The van der Waals surface area contributed by atoms with Gasteiger partial charge in [0.05, 0.1) is 25.8 Å². The van der Waals surface area contributed by atoms with Gasteiger partial charge in [0.15, 0.2) is 11.5 Å². The monoisotopic (exact) mass is 475 g/mol. The summed E-state index contributed by atoms with van der Waals surface area (Å²) in [5.41, 5.74) is 2.82. The first-order chi connectivity index (χ1) is 16.8. The van der Waals surface area contributed by atoms with E-state index in [0.717, 1.165) is 11.1 Å². The second kappa shape index (κ2) is 10.0. The van der Waals surface area contributed by atoms with Gasteiger partial charge in [0, 0.05) is 12.1 Å². The van der Waals surface area contributed by atoms with Crippen LogP contribution in [-0.4, -0.2) is 42.5 Å². The van der Waals surface area contributed by atoms with E-state index in [1.54, 1.807) is 32.4 Å². The summed E-state index contributed by atoms with van der Waals surface area (Å²) >= 11 is 0. The summed E-state index contributed by atoms with van der Waals surface area (Å²) in [5, 5.41) is 11.1. The van der Waals surface area contributed by atoms with Crippen molar-refractivity contribution in [2.75, 3.05) is 20.8 Å². The predicted octanol–water partition coefficient (Wildman–Crippen LogP) is 4.82. The largest absolute Gasteiger partial charge is 0.507 e.